The summed E-state index contributed by atoms with van der Waals surface area (Å²) in [5, 5.41) is 0. The van der Waals surface area contributed by atoms with Gasteiger partial charge < -0.3 is 4.90 Å². The van der Waals surface area contributed by atoms with Crippen molar-refractivity contribution < 1.29 is 18.0 Å². The van der Waals surface area contributed by atoms with Crippen LogP contribution in [0, 0.1) is 0 Å². The Morgan fingerprint density at radius 1 is 0.931 bits per heavy atom. The van der Waals surface area contributed by atoms with Gasteiger partial charge in [-0.1, -0.05) is 50.5 Å². The molecule has 0 N–H and O–H groups in total. The molecule has 1 heterocycles. The van der Waals surface area contributed by atoms with Gasteiger partial charge in [-0.25, -0.2) is 8.42 Å². The van der Waals surface area contributed by atoms with Gasteiger partial charge in [-0.15, -0.1) is 0 Å². The second kappa shape index (κ2) is 8.03. The number of sulfonamides is 1. The smallest absolute Gasteiger partial charge is 0.249 e. The molecule has 1 aliphatic heterocycles. The molecule has 6 nitrogen and oxygen atoms in total. The van der Waals surface area contributed by atoms with Crippen molar-refractivity contribution in [2.45, 2.75) is 57.9 Å². The first-order chi connectivity index (χ1) is 14.0. The van der Waals surface area contributed by atoms with Crippen LogP contribution >= 0.6 is 0 Å². The predicted molar refractivity (Wildman–Crippen MR) is 111 cm³/mol. The van der Waals surface area contributed by atoms with Crippen LogP contribution in [0.1, 0.15) is 72.6 Å². The van der Waals surface area contributed by atoms with Crippen molar-refractivity contribution >= 4 is 21.6 Å². The molecular formula is C22H28N2O4S. The lowest BCUT2D eigenvalue weighted by Crippen LogP contribution is -2.45. The Hall–Kier alpha value is -1.99. The monoisotopic (exact) mass is 416 g/mol. The van der Waals surface area contributed by atoms with Gasteiger partial charge in [0.05, 0.1) is 0 Å². The summed E-state index contributed by atoms with van der Waals surface area (Å²) in [6.45, 7) is 3.31. The molecule has 4 rings (SSSR count). The number of ketones is 2. The SMILES string of the molecule is CCN(C1CCCCC1)S(=O)(=O)C1=C(N2CCCC2)C(=O)c2ccccc2C1=O. The molecule has 0 atom stereocenters. The highest BCUT2D eigenvalue weighted by Crippen LogP contribution is 2.36. The number of allylic oxidation sites excluding steroid dienone is 2. The zero-order valence-electron chi connectivity index (χ0n) is 16.9. The van der Waals surface area contributed by atoms with Crippen LogP contribution in [0.5, 0.6) is 0 Å². The summed E-state index contributed by atoms with van der Waals surface area (Å²) in [6.07, 6.45) is 6.48. The van der Waals surface area contributed by atoms with Gasteiger partial charge in [0.15, 0.2) is 4.91 Å². The quantitative estimate of drug-likeness (QED) is 0.736. The van der Waals surface area contributed by atoms with Crippen LogP contribution in [-0.4, -0.2) is 54.9 Å². The van der Waals surface area contributed by atoms with Gasteiger partial charge in [-0.3, -0.25) is 9.59 Å². The topological polar surface area (TPSA) is 74.8 Å². The molecule has 0 radical (unpaired) electrons. The fraction of sp³-hybridized carbons (Fsp3) is 0.545. The summed E-state index contributed by atoms with van der Waals surface area (Å²) in [6, 6.07) is 6.46. The Kier molecular flexibility index (Phi) is 5.62. The number of hydrogen-bond donors (Lipinski definition) is 0. The van der Waals surface area contributed by atoms with Crippen LogP contribution < -0.4 is 0 Å². The van der Waals surface area contributed by atoms with E-state index in [1.807, 2.05) is 6.92 Å². The zero-order chi connectivity index (χ0) is 20.6. The van der Waals surface area contributed by atoms with Gasteiger partial charge in [0, 0.05) is 36.8 Å². The molecule has 0 aromatic heterocycles. The van der Waals surface area contributed by atoms with E-state index in [4.69, 9.17) is 0 Å². The molecule has 1 saturated carbocycles. The molecule has 0 amide bonds. The third-order valence-corrected chi connectivity index (χ3v) is 8.40. The maximum atomic E-state index is 13.8. The first kappa shape index (κ1) is 20.3. The molecule has 0 spiro atoms. The van der Waals surface area contributed by atoms with E-state index in [1.165, 1.54) is 4.31 Å². The lowest BCUT2D eigenvalue weighted by molar-refractivity contribution is 0.0951. The lowest BCUT2D eigenvalue weighted by Gasteiger charge is -2.35. The van der Waals surface area contributed by atoms with Crippen molar-refractivity contribution in [1.82, 2.24) is 9.21 Å². The van der Waals surface area contributed by atoms with Crippen LogP contribution in [0.15, 0.2) is 34.9 Å². The van der Waals surface area contributed by atoms with Gasteiger partial charge >= 0.3 is 0 Å². The second-order valence-electron chi connectivity index (χ2n) is 8.08. The van der Waals surface area contributed by atoms with Crippen LogP contribution in [-0.2, 0) is 10.0 Å². The van der Waals surface area contributed by atoms with Gasteiger partial charge in [0.2, 0.25) is 21.6 Å². The van der Waals surface area contributed by atoms with E-state index in [0.29, 0.717) is 25.2 Å². The van der Waals surface area contributed by atoms with Crippen molar-refractivity contribution in [2.24, 2.45) is 0 Å². The van der Waals surface area contributed by atoms with Gasteiger partial charge in [-0.05, 0) is 25.7 Å². The minimum atomic E-state index is -4.08. The van der Waals surface area contributed by atoms with E-state index in [2.05, 4.69) is 0 Å². The average molecular weight is 417 g/mol. The van der Waals surface area contributed by atoms with E-state index in [1.54, 1.807) is 29.2 Å². The largest absolute Gasteiger partial charge is 0.367 e. The molecule has 1 aromatic rings. The minimum Gasteiger partial charge on any atom is -0.367 e. The Morgan fingerprint density at radius 3 is 2.10 bits per heavy atom. The molecule has 29 heavy (non-hydrogen) atoms. The zero-order valence-corrected chi connectivity index (χ0v) is 17.7. The average Bonchev–Trinajstić information content (AvgIpc) is 3.26. The van der Waals surface area contributed by atoms with Gasteiger partial charge in [0.1, 0.15) is 5.70 Å². The molecule has 2 aliphatic carbocycles. The number of carbonyl (C=O) groups is 2. The molecule has 0 bridgehead atoms. The normalized spacial score (nSPS) is 21.2. The Morgan fingerprint density at radius 2 is 1.52 bits per heavy atom. The van der Waals surface area contributed by atoms with E-state index < -0.39 is 15.8 Å². The summed E-state index contributed by atoms with van der Waals surface area (Å²) in [4.78, 5) is 28.3. The van der Waals surface area contributed by atoms with Crippen LogP contribution in [0.3, 0.4) is 0 Å². The highest BCUT2D eigenvalue weighted by molar-refractivity contribution is 7.94. The van der Waals surface area contributed by atoms with Gasteiger partial charge in [0.25, 0.3) is 0 Å². The fourth-order valence-corrected chi connectivity index (χ4v) is 6.91. The molecule has 0 unspecified atom stereocenters. The van der Waals surface area contributed by atoms with Crippen molar-refractivity contribution in [2.75, 3.05) is 19.6 Å². The van der Waals surface area contributed by atoms with Crippen molar-refractivity contribution in [3.63, 3.8) is 0 Å². The van der Waals surface area contributed by atoms with E-state index >= 15 is 0 Å². The van der Waals surface area contributed by atoms with Crippen molar-refractivity contribution in [3.05, 3.63) is 46.0 Å². The molecule has 7 heteroatoms. The van der Waals surface area contributed by atoms with Crippen LogP contribution in [0.2, 0.25) is 0 Å². The number of Topliss-reactive ketones (excluding diaryl/α,β-unsaturated/α-hetero) is 2. The molecule has 2 fully saturated rings. The van der Waals surface area contributed by atoms with E-state index in [0.717, 1.165) is 44.9 Å². The molecular weight excluding hydrogens is 388 g/mol. The third-order valence-electron chi connectivity index (χ3n) is 6.34. The number of carbonyl (C=O) groups excluding carboxylic acids is 2. The predicted octanol–water partition coefficient (Wildman–Crippen LogP) is 3.36. The van der Waals surface area contributed by atoms with Gasteiger partial charge in [-0.2, -0.15) is 4.31 Å². The summed E-state index contributed by atoms with van der Waals surface area (Å²) in [5.74, 6) is -0.892. The van der Waals surface area contributed by atoms with Crippen molar-refractivity contribution in [3.8, 4) is 0 Å². The fourth-order valence-electron chi connectivity index (χ4n) is 4.92. The Bertz CT molecular complexity index is 955. The molecule has 1 aromatic carbocycles. The number of fused-ring (bicyclic) bond motifs is 1. The highest BCUT2D eigenvalue weighted by atomic mass is 32.2. The Labute approximate surface area is 172 Å². The summed E-state index contributed by atoms with van der Waals surface area (Å²) in [7, 11) is -4.08. The number of rotatable bonds is 5. The summed E-state index contributed by atoms with van der Waals surface area (Å²) in [5.41, 5.74) is 0.582. The second-order valence-corrected chi connectivity index (χ2v) is 9.90. The lowest BCUT2D eigenvalue weighted by atomic mass is 9.92. The summed E-state index contributed by atoms with van der Waals surface area (Å²) >= 11 is 0. The number of nitrogens with zero attached hydrogens (tertiary/aromatic N) is 2. The minimum absolute atomic E-state index is 0.0838. The van der Waals surface area contributed by atoms with Crippen LogP contribution in [0.4, 0.5) is 0 Å². The first-order valence-electron chi connectivity index (χ1n) is 10.7. The van der Waals surface area contributed by atoms with E-state index in [-0.39, 0.29) is 28.0 Å². The Balaban J connectivity index is 1.87. The highest BCUT2D eigenvalue weighted by Gasteiger charge is 2.45. The van der Waals surface area contributed by atoms with Crippen molar-refractivity contribution in [1.29, 1.82) is 0 Å². The molecule has 3 aliphatic rings. The maximum absolute atomic E-state index is 13.8. The maximum Gasteiger partial charge on any atom is 0.249 e. The number of likely N-dealkylation sites (tertiary alicyclic amines) is 1. The molecule has 1 saturated heterocycles. The van der Waals surface area contributed by atoms with Crippen LogP contribution in [0.25, 0.3) is 0 Å². The first-order valence-corrected chi connectivity index (χ1v) is 12.1. The summed E-state index contributed by atoms with van der Waals surface area (Å²) < 4.78 is 29.1. The van der Waals surface area contributed by atoms with E-state index in [9.17, 15) is 18.0 Å². The third kappa shape index (κ3) is 3.44. The number of benzene rings is 1. The molecule has 156 valence electrons. The standard InChI is InChI=1S/C22H28N2O4S/c1-2-24(16-10-4-3-5-11-16)29(27,28)22-19(23-14-8-9-15-23)20(25)17-12-6-7-13-18(17)21(22)26/h6-7,12-13,16H,2-5,8-11,14-15H2,1H3. The number of hydrogen-bond acceptors (Lipinski definition) is 5.